The lowest BCUT2D eigenvalue weighted by atomic mass is 9.89. The SMILES string of the molecule is CC(=O)Nc1nc2nc(C3CCN(C(=O)CC(C)(C)C)CC3)ccc2s1. The molecule has 1 N–H and O–H groups in total. The first-order valence-electron chi connectivity index (χ1n) is 9.04. The lowest BCUT2D eigenvalue weighted by molar-refractivity contribution is -0.134. The van der Waals surface area contributed by atoms with Gasteiger partial charge in [-0.05, 0) is 30.4 Å². The van der Waals surface area contributed by atoms with Crippen molar-refractivity contribution in [3.63, 3.8) is 0 Å². The zero-order chi connectivity index (χ0) is 18.9. The van der Waals surface area contributed by atoms with Gasteiger partial charge in [-0.3, -0.25) is 9.59 Å². The predicted octanol–water partition coefficient (Wildman–Crippen LogP) is 3.79. The van der Waals surface area contributed by atoms with E-state index in [9.17, 15) is 9.59 Å². The van der Waals surface area contributed by atoms with Crippen LogP contribution in [0.15, 0.2) is 12.1 Å². The van der Waals surface area contributed by atoms with Gasteiger partial charge in [0, 0.05) is 38.0 Å². The van der Waals surface area contributed by atoms with Gasteiger partial charge in [-0.15, -0.1) is 0 Å². The normalized spacial score (nSPS) is 16.1. The lowest BCUT2D eigenvalue weighted by Gasteiger charge is -2.33. The molecule has 0 bridgehead atoms. The van der Waals surface area contributed by atoms with Crippen molar-refractivity contribution in [1.82, 2.24) is 14.9 Å². The Morgan fingerprint density at radius 2 is 1.92 bits per heavy atom. The van der Waals surface area contributed by atoms with Crippen molar-refractivity contribution in [2.75, 3.05) is 18.4 Å². The van der Waals surface area contributed by atoms with Gasteiger partial charge in [0.1, 0.15) is 0 Å². The molecule has 1 aliphatic heterocycles. The van der Waals surface area contributed by atoms with Crippen molar-refractivity contribution in [1.29, 1.82) is 0 Å². The van der Waals surface area contributed by atoms with Crippen LogP contribution in [-0.2, 0) is 9.59 Å². The zero-order valence-corrected chi connectivity index (χ0v) is 16.7. The molecule has 0 spiro atoms. The number of rotatable bonds is 3. The first-order valence-corrected chi connectivity index (χ1v) is 9.86. The molecule has 0 atom stereocenters. The molecule has 3 heterocycles. The molecule has 0 saturated carbocycles. The Balaban J connectivity index is 1.65. The second kappa shape index (κ2) is 7.31. The van der Waals surface area contributed by atoms with Crippen molar-refractivity contribution in [2.45, 2.75) is 52.9 Å². The number of fused-ring (bicyclic) bond motifs is 1. The van der Waals surface area contributed by atoms with Gasteiger partial charge in [-0.2, -0.15) is 4.98 Å². The standard InChI is InChI=1S/C19H26N4O2S/c1-12(24)20-18-22-17-15(26-18)6-5-14(21-17)13-7-9-23(10-8-13)16(25)11-19(2,3)4/h5-6,13H,7-11H2,1-4H3,(H,20,21,22,24). The highest BCUT2D eigenvalue weighted by molar-refractivity contribution is 7.22. The molecule has 0 aromatic carbocycles. The Kier molecular flexibility index (Phi) is 5.27. The van der Waals surface area contributed by atoms with Crippen molar-refractivity contribution in [3.8, 4) is 0 Å². The predicted molar refractivity (Wildman–Crippen MR) is 104 cm³/mol. The van der Waals surface area contributed by atoms with Gasteiger partial charge in [-0.1, -0.05) is 32.1 Å². The number of likely N-dealkylation sites (tertiary alicyclic amines) is 1. The van der Waals surface area contributed by atoms with E-state index in [0.717, 1.165) is 36.3 Å². The van der Waals surface area contributed by atoms with E-state index in [2.05, 4.69) is 37.1 Å². The number of aromatic nitrogens is 2. The number of hydrogen-bond acceptors (Lipinski definition) is 5. The number of amides is 2. The maximum absolute atomic E-state index is 12.4. The minimum atomic E-state index is -0.128. The van der Waals surface area contributed by atoms with Crippen molar-refractivity contribution >= 4 is 38.6 Å². The Morgan fingerprint density at radius 3 is 2.54 bits per heavy atom. The van der Waals surface area contributed by atoms with E-state index < -0.39 is 0 Å². The fourth-order valence-electron chi connectivity index (χ4n) is 3.25. The first-order chi connectivity index (χ1) is 12.2. The highest BCUT2D eigenvalue weighted by Gasteiger charge is 2.27. The molecule has 140 valence electrons. The number of nitrogens with zero attached hydrogens (tertiary/aromatic N) is 3. The number of anilines is 1. The summed E-state index contributed by atoms with van der Waals surface area (Å²) in [6.45, 7) is 9.33. The van der Waals surface area contributed by atoms with Crippen molar-refractivity contribution in [2.24, 2.45) is 5.41 Å². The summed E-state index contributed by atoms with van der Waals surface area (Å²) in [5.41, 5.74) is 1.74. The third-order valence-electron chi connectivity index (χ3n) is 4.51. The van der Waals surface area contributed by atoms with Gasteiger partial charge in [0.05, 0.1) is 4.70 Å². The topological polar surface area (TPSA) is 75.2 Å². The van der Waals surface area contributed by atoms with E-state index >= 15 is 0 Å². The third-order valence-corrected chi connectivity index (χ3v) is 5.43. The summed E-state index contributed by atoms with van der Waals surface area (Å²) in [5, 5.41) is 3.30. The van der Waals surface area contributed by atoms with Crippen LogP contribution in [0.1, 0.15) is 58.6 Å². The number of piperidine rings is 1. The summed E-state index contributed by atoms with van der Waals surface area (Å²) in [7, 11) is 0. The molecule has 0 unspecified atom stereocenters. The Labute approximate surface area is 158 Å². The van der Waals surface area contributed by atoms with Crippen molar-refractivity contribution < 1.29 is 9.59 Å². The number of hydrogen-bond donors (Lipinski definition) is 1. The molecule has 2 amide bonds. The highest BCUT2D eigenvalue weighted by Crippen LogP contribution is 2.31. The van der Waals surface area contributed by atoms with Gasteiger partial charge in [0.2, 0.25) is 11.8 Å². The van der Waals surface area contributed by atoms with Crippen molar-refractivity contribution in [3.05, 3.63) is 17.8 Å². The first kappa shape index (κ1) is 18.8. The maximum atomic E-state index is 12.4. The molecule has 2 aromatic rings. The van der Waals surface area contributed by atoms with Crippen LogP contribution in [0.3, 0.4) is 0 Å². The van der Waals surface area contributed by atoms with Crippen LogP contribution >= 0.6 is 11.3 Å². The number of thiazole rings is 1. The molecule has 2 aromatic heterocycles. The van der Waals surface area contributed by atoms with E-state index in [1.165, 1.54) is 18.3 Å². The molecule has 26 heavy (non-hydrogen) atoms. The monoisotopic (exact) mass is 374 g/mol. The third kappa shape index (κ3) is 4.58. The number of carbonyl (C=O) groups excluding carboxylic acids is 2. The minimum Gasteiger partial charge on any atom is -0.343 e. The zero-order valence-electron chi connectivity index (χ0n) is 15.8. The maximum Gasteiger partial charge on any atom is 0.223 e. The van der Waals surface area contributed by atoms with Crippen LogP contribution in [0.2, 0.25) is 0 Å². The minimum absolute atomic E-state index is 0.0246. The molecule has 1 aliphatic rings. The van der Waals surface area contributed by atoms with Crippen LogP contribution < -0.4 is 5.32 Å². The van der Waals surface area contributed by atoms with E-state index in [1.54, 1.807) is 0 Å². The molecular formula is C19H26N4O2S. The summed E-state index contributed by atoms with van der Waals surface area (Å²) in [6, 6.07) is 4.08. The second-order valence-electron chi connectivity index (χ2n) is 8.15. The van der Waals surface area contributed by atoms with Gasteiger partial charge in [0.25, 0.3) is 0 Å². The van der Waals surface area contributed by atoms with Crippen LogP contribution in [0.25, 0.3) is 10.3 Å². The molecule has 0 radical (unpaired) electrons. The Hall–Kier alpha value is -2.02. The number of pyridine rings is 1. The van der Waals surface area contributed by atoms with E-state index in [1.807, 2.05) is 11.0 Å². The van der Waals surface area contributed by atoms with E-state index in [-0.39, 0.29) is 17.2 Å². The average Bonchev–Trinajstić information content (AvgIpc) is 2.93. The molecule has 1 fully saturated rings. The average molecular weight is 375 g/mol. The fourth-order valence-corrected chi connectivity index (χ4v) is 4.11. The Bertz CT molecular complexity index is 817. The lowest BCUT2D eigenvalue weighted by Crippen LogP contribution is -2.39. The molecule has 0 aliphatic carbocycles. The quantitative estimate of drug-likeness (QED) is 0.887. The molecule has 3 rings (SSSR count). The van der Waals surface area contributed by atoms with Gasteiger partial charge in [-0.25, -0.2) is 4.98 Å². The van der Waals surface area contributed by atoms with Crippen LogP contribution in [0, 0.1) is 5.41 Å². The molecule has 6 nitrogen and oxygen atoms in total. The summed E-state index contributed by atoms with van der Waals surface area (Å²) in [5.74, 6) is 0.472. The van der Waals surface area contributed by atoms with E-state index in [0.29, 0.717) is 23.1 Å². The summed E-state index contributed by atoms with van der Waals surface area (Å²) < 4.78 is 0.968. The van der Waals surface area contributed by atoms with Crippen LogP contribution in [-0.4, -0.2) is 39.8 Å². The number of carbonyl (C=O) groups is 2. The summed E-state index contributed by atoms with van der Waals surface area (Å²) in [6.07, 6.45) is 2.45. The smallest absolute Gasteiger partial charge is 0.223 e. The fraction of sp³-hybridized carbons (Fsp3) is 0.579. The second-order valence-corrected chi connectivity index (χ2v) is 9.18. The van der Waals surface area contributed by atoms with Gasteiger partial charge < -0.3 is 10.2 Å². The molecule has 1 saturated heterocycles. The summed E-state index contributed by atoms with van der Waals surface area (Å²) >= 11 is 1.43. The molecular weight excluding hydrogens is 348 g/mol. The van der Waals surface area contributed by atoms with Crippen LogP contribution in [0.5, 0.6) is 0 Å². The van der Waals surface area contributed by atoms with Gasteiger partial charge >= 0.3 is 0 Å². The van der Waals surface area contributed by atoms with Gasteiger partial charge in [0.15, 0.2) is 10.8 Å². The molecule has 7 heteroatoms. The van der Waals surface area contributed by atoms with Crippen LogP contribution in [0.4, 0.5) is 5.13 Å². The number of nitrogens with one attached hydrogen (secondary N) is 1. The Morgan fingerprint density at radius 1 is 1.23 bits per heavy atom. The highest BCUT2D eigenvalue weighted by atomic mass is 32.1. The largest absolute Gasteiger partial charge is 0.343 e. The van der Waals surface area contributed by atoms with E-state index in [4.69, 9.17) is 4.98 Å². The summed E-state index contributed by atoms with van der Waals surface area (Å²) in [4.78, 5) is 34.7.